The van der Waals surface area contributed by atoms with Gasteiger partial charge >= 0.3 is 0 Å². The average molecular weight is 349 g/mol. The third kappa shape index (κ3) is 3.29. The molecule has 21 heavy (non-hydrogen) atoms. The predicted molar refractivity (Wildman–Crippen MR) is 81.2 cm³/mol. The molecule has 0 saturated heterocycles. The molecular weight excluding hydrogens is 335 g/mol. The highest BCUT2D eigenvalue weighted by Gasteiger charge is 2.34. The number of halogens is 2. The molecule has 1 heterocycles. The van der Waals surface area contributed by atoms with E-state index in [1.54, 1.807) is 29.3 Å². The second kappa shape index (κ2) is 5.93. The Morgan fingerprint density at radius 1 is 1.33 bits per heavy atom. The first-order chi connectivity index (χ1) is 10.1. The molecule has 0 unspecified atom stereocenters. The Labute approximate surface area is 130 Å². The Hall–Kier alpha value is -1.75. The van der Waals surface area contributed by atoms with Gasteiger partial charge in [-0.15, -0.1) is 0 Å². The summed E-state index contributed by atoms with van der Waals surface area (Å²) in [6, 6.07) is 10.2. The van der Waals surface area contributed by atoms with Crippen LogP contribution in [0.15, 0.2) is 47.1 Å². The summed E-state index contributed by atoms with van der Waals surface area (Å²) in [6.07, 6.45) is 3.59. The molecule has 1 aliphatic carbocycles. The first kappa shape index (κ1) is 14.2. The van der Waals surface area contributed by atoms with Crippen LogP contribution < -0.4 is 0 Å². The van der Waals surface area contributed by atoms with Crippen LogP contribution in [-0.4, -0.2) is 21.8 Å². The van der Waals surface area contributed by atoms with Gasteiger partial charge in [-0.1, -0.05) is 12.1 Å². The maximum Gasteiger partial charge on any atom is 0.274 e. The molecule has 0 atom stereocenters. The van der Waals surface area contributed by atoms with E-state index in [4.69, 9.17) is 0 Å². The number of hydrogen-bond donors (Lipinski definition) is 0. The van der Waals surface area contributed by atoms with Crippen molar-refractivity contribution in [2.45, 2.75) is 25.4 Å². The van der Waals surface area contributed by atoms with Gasteiger partial charge in [0.1, 0.15) is 11.5 Å². The van der Waals surface area contributed by atoms with Crippen LogP contribution in [0.5, 0.6) is 0 Å². The Morgan fingerprint density at radius 2 is 2.14 bits per heavy atom. The number of benzene rings is 1. The largest absolute Gasteiger partial charge is 0.330 e. The zero-order chi connectivity index (χ0) is 14.8. The lowest BCUT2D eigenvalue weighted by Gasteiger charge is -2.22. The van der Waals surface area contributed by atoms with E-state index in [9.17, 15) is 9.18 Å². The lowest BCUT2D eigenvalue weighted by Crippen LogP contribution is -2.33. The maximum atomic E-state index is 13.3. The summed E-state index contributed by atoms with van der Waals surface area (Å²) in [4.78, 5) is 18.6. The van der Waals surface area contributed by atoms with Crippen LogP contribution in [0.1, 0.15) is 28.9 Å². The molecule has 0 radical (unpaired) electrons. The molecule has 1 aromatic carbocycles. The Balaban J connectivity index is 1.85. The second-order valence-corrected chi connectivity index (χ2v) is 5.98. The van der Waals surface area contributed by atoms with E-state index >= 15 is 0 Å². The number of hydrogen-bond acceptors (Lipinski definition) is 2. The molecular formula is C16H14BrFN2O. The lowest BCUT2D eigenvalue weighted by atomic mass is 10.2. The Kier molecular flexibility index (Phi) is 4.01. The summed E-state index contributed by atoms with van der Waals surface area (Å²) in [7, 11) is 0. The van der Waals surface area contributed by atoms with Crippen LogP contribution in [0, 0.1) is 5.82 Å². The summed E-state index contributed by atoms with van der Waals surface area (Å²) in [5.74, 6) is -0.399. The number of carbonyl (C=O) groups excluding carboxylic acids is 1. The van der Waals surface area contributed by atoms with Crippen LogP contribution in [0.4, 0.5) is 4.39 Å². The van der Waals surface area contributed by atoms with Crippen molar-refractivity contribution in [3.63, 3.8) is 0 Å². The highest BCUT2D eigenvalue weighted by Crippen LogP contribution is 2.30. The Bertz CT molecular complexity index is 673. The molecule has 1 aromatic heterocycles. The summed E-state index contributed by atoms with van der Waals surface area (Å²) < 4.78 is 14.0. The minimum atomic E-state index is -0.283. The molecule has 3 rings (SSSR count). The summed E-state index contributed by atoms with van der Waals surface area (Å²) in [6.45, 7) is 0.407. The van der Waals surface area contributed by atoms with Crippen LogP contribution in [-0.2, 0) is 6.54 Å². The Morgan fingerprint density at radius 3 is 2.81 bits per heavy atom. The highest BCUT2D eigenvalue weighted by atomic mass is 79.9. The molecule has 1 fully saturated rings. The van der Waals surface area contributed by atoms with E-state index < -0.39 is 0 Å². The van der Waals surface area contributed by atoms with Gasteiger partial charge in [0.05, 0.1) is 0 Å². The van der Waals surface area contributed by atoms with Crippen LogP contribution >= 0.6 is 15.9 Å². The molecule has 0 spiro atoms. The van der Waals surface area contributed by atoms with Crippen molar-refractivity contribution in [1.82, 2.24) is 9.88 Å². The average Bonchev–Trinajstić information content (AvgIpc) is 3.29. The monoisotopic (exact) mass is 348 g/mol. The summed E-state index contributed by atoms with van der Waals surface area (Å²) in [5.41, 5.74) is 1.20. The summed E-state index contributed by atoms with van der Waals surface area (Å²) >= 11 is 3.36. The van der Waals surface area contributed by atoms with Crippen LogP contribution in [0.25, 0.3) is 0 Å². The van der Waals surface area contributed by atoms with Gasteiger partial charge in [0.25, 0.3) is 5.91 Å². The molecule has 108 valence electrons. The third-order valence-corrected chi connectivity index (χ3v) is 4.09. The van der Waals surface area contributed by atoms with Crippen molar-refractivity contribution in [3.8, 4) is 0 Å². The van der Waals surface area contributed by atoms with Gasteiger partial charge < -0.3 is 4.90 Å². The molecule has 2 aromatic rings. The van der Waals surface area contributed by atoms with Crippen molar-refractivity contribution < 1.29 is 9.18 Å². The minimum Gasteiger partial charge on any atom is -0.330 e. The predicted octanol–water partition coefficient (Wildman–Crippen LogP) is 3.79. The van der Waals surface area contributed by atoms with Gasteiger partial charge in [-0.05, 0) is 58.6 Å². The molecule has 3 nitrogen and oxygen atoms in total. The molecule has 1 aliphatic rings. The van der Waals surface area contributed by atoms with Gasteiger partial charge in [-0.2, -0.15) is 0 Å². The van der Waals surface area contributed by atoms with E-state index in [1.807, 2.05) is 6.07 Å². The number of rotatable bonds is 4. The highest BCUT2D eigenvalue weighted by molar-refractivity contribution is 9.10. The SMILES string of the molecule is O=C(c1ncccc1Br)N(Cc1cccc(F)c1)C1CC1. The molecule has 0 bridgehead atoms. The van der Waals surface area contributed by atoms with Gasteiger partial charge in [0.15, 0.2) is 0 Å². The van der Waals surface area contributed by atoms with E-state index in [1.165, 1.54) is 12.1 Å². The van der Waals surface area contributed by atoms with E-state index in [2.05, 4.69) is 20.9 Å². The van der Waals surface area contributed by atoms with Crippen LogP contribution in [0.2, 0.25) is 0 Å². The molecule has 1 amide bonds. The normalized spacial score (nSPS) is 14.0. The van der Waals surface area contributed by atoms with Crippen molar-refractivity contribution >= 4 is 21.8 Å². The number of carbonyl (C=O) groups is 1. The van der Waals surface area contributed by atoms with Gasteiger partial charge in [0, 0.05) is 23.3 Å². The second-order valence-electron chi connectivity index (χ2n) is 5.13. The topological polar surface area (TPSA) is 33.2 Å². The quantitative estimate of drug-likeness (QED) is 0.842. The zero-order valence-electron chi connectivity index (χ0n) is 11.3. The fraction of sp³-hybridized carbons (Fsp3) is 0.250. The van der Waals surface area contributed by atoms with Crippen molar-refractivity contribution in [3.05, 3.63) is 64.1 Å². The fourth-order valence-electron chi connectivity index (χ4n) is 2.26. The lowest BCUT2D eigenvalue weighted by molar-refractivity contribution is 0.0722. The van der Waals surface area contributed by atoms with Gasteiger partial charge in [-0.25, -0.2) is 9.37 Å². The van der Waals surface area contributed by atoms with Crippen molar-refractivity contribution in [1.29, 1.82) is 0 Å². The standard InChI is InChI=1S/C16H14BrFN2O/c17-14-5-2-8-19-15(14)16(21)20(13-6-7-13)10-11-3-1-4-12(18)9-11/h1-5,8-9,13H,6-7,10H2. The van der Waals surface area contributed by atoms with Crippen molar-refractivity contribution in [2.75, 3.05) is 0 Å². The van der Waals surface area contributed by atoms with Gasteiger partial charge in [0.2, 0.25) is 0 Å². The molecule has 5 heteroatoms. The number of aromatic nitrogens is 1. The fourth-order valence-corrected chi connectivity index (χ4v) is 2.69. The van der Waals surface area contributed by atoms with E-state index in [-0.39, 0.29) is 17.8 Å². The summed E-state index contributed by atoms with van der Waals surface area (Å²) in [5, 5.41) is 0. The van der Waals surface area contributed by atoms with Crippen molar-refractivity contribution in [2.24, 2.45) is 0 Å². The zero-order valence-corrected chi connectivity index (χ0v) is 12.9. The molecule has 0 aliphatic heterocycles. The minimum absolute atomic E-state index is 0.116. The van der Waals surface area contributed by atoms with E-state index in [0.717, 1.165) is 18.4 Å². The first-order valence-electron chi connectivity index (χ1n) is 6.81. The third-order valence-electron chi connectivity index (χ3n) is 3.45. The van der Waals surface area contributed by atoms with Crippen LogP contribution in [0.3, 0.4) is 0 Å². The maximum absolute atomic E-state index is 13.3. The van der Waals surface area contributed by atoms with Gasteiger partial charge in [-0.3, -0.25) is 4.79 Å². The molecule has 0 N–H and O–H groups in total. The smallest absolute Gasteiger partial charge is 0.274 e. The number of amides is 1. The number of nitrogens with zero attached hydrogens (tertiary/aromatic N) is 2. The first-order valence-corrected chi connectivity index (χ1v) is 7.60. The number of pyridine rings is 1. The van der Waals surface area contributed by atoms with E-state index in [0.29, 0.717) is 16.7 Å². The molecule has 1 saturated carbocycles.